The van der Waals surface area contributed by atoms with Crippen LogP contribution in [-0.2, 0) is 27.2 Å². The molecule has 0 radical (unpaired) electrons. The van der Waals surface area contributed by atoms with Gasteiger partial charge in [-0.3, -0.25) is 14.4 Å². The number of amides is 2. The van der Waals surface area contributed by atoms with E-state index in [0.717, 1.165) is 19.3 Å². The van der Waals surface area contributed by atoms with Crippen LogP contribution in [0.3, 0.4) is 0 Å². The Bertz CT molecular complexity index is 675. The van der Waals surface area contributed by atoms with Gasteiger partial charge < -0.3 is 19.4 Å². The van der Waals surface area contributed by atoms with Gasteiger partial charge in [0.15, 0.2) is 5.82 Å². The third kappa shape index (κ3) is 6.61. The number of hydrogen-bond donors (Lipinski definition) is 1. The molecule has 156 valence electrons. The van der Waals surface area contributed by atoms with E-state index in [9.17, 15) is 14.4 Å². The highest BCUT2D eigenvalue weighted by Crippen LogP contribution is 2.18. The third-order valence-electron chi connectivity index (χ3n) is 4.97. The molecule has 1 fully saturated rings. The van der Waals surface area contributed by atoms with E-state index in [2.05, 4.69) is 17.1 Å². The molecule has 1 aromatic heterocycles. The highest BCUT2D eigenvalue weighted by molar-refractivity contribution is 5.80. The summed E-state index contributed by atoms with van der Waals surface area (Å²) in [4.78, 5) is 42.8. The van der Waals surface area contributed by atoms with Crippen LogP contribution >= 0.6 is 0 Å². The zero-order chi connectivity index (χ0) is 20.5. The van der Waals surface area contributed by atoms with Crippen LogP contribution in [0.25, 0.3) is 0 Å². The molecule has 0 spiro atoms. The molecule has 2 heterocycles. The normalized spacial score (nSPS) is 17.2. The molecule has 2 rings (SSSR count). The third-order valence-corrected chi connectivity index (χ3v) is 4.97. The van der Waals surface area contributed by atoms with Gasteiger partial charge in [0, 0.05) is 45.3 Å². The van der Waals surface area contributed by atoms with Crippen molar-refractivity contribution in [3.8, 4) is 0 Å². The van der Waals surface area contributed by atoms with Gasteiger partial charge in [-0.1, -0.05) is 12.1 Å². The average Bonchev–Trinajstić information content (AvgIpc) is 2.94. The maximum Gasteiger partial charge on any atom is 0.323 e. The summed E-state index contributed by atoms with van der Waals surface area (Å²) in [5.41, 5.74) is 0. The molecule has 1 aromatic rings. The fourth-order valence-corrected chi connectivity index (χ4v) is 3.55. The van der Waals surface area contributed by atoms with Crippen LogP contribution in [-0.4, -0.2) is 68.5 Å². The molecule has 1 unspecified atom stereocenters. The number of hydrogen-bond acceptors (Lipinski definition) is 6. The Morgan fingerprint density at radius 3 is 2.71 bits per heavy atom. The number of likely N-dealkylation sites (tertiary alicyclic amines) is 1. The number of carbonyl (C=O) groups is 3. The Kier molecular flexibility index (Phi) is 8.41. The minimum Gasteiger partial charge on any atom is -0.480 e. The first kappa shape index (κ1) is 21.8. The first-order chi connectivity index (χ1) is 13.4. The molecule has 9 nitrogen and oxygen atoms in total. The van der Waals surface area contributed by atoms with Gasteiger partial charge in [0.1, 0.15) is 6.54 Å². The van der Waals surface area contributed by atoms with Crippen molar-refractivity contribution >= 4 is 17.8 Å². The standard InChI is InChI=1S/C19H30N4O5/c1-3-6-16-20-17(28-21-16)8-4-9-18(25)22-11-5-7-15(10-12-22)23(14(2)24)13-19(26)27/h15H,3-13H2,1-2H3,(H,26,27). The van der Waals surface area contributed by atoms with E-state index >= 15 is 0 Å². The zero-order valence-electron chi connectivity index (χ0n) is 16.7. The zero-order valence-corrected chi connectivity index (χ0v) is 16.7. The van der Waals surface area contributed by atoms with Crippen LogP contribution in [0, 0.1) is 0 Å². The summed E-state index contributed by atoms with van der Waals surface area (Å²) in [6.45, 7) is 4.32. The van der Waals surface area contributed by atoms with Crippen LogP contribution in [0.4, 0.5) is 0 Å². The summed E-state index contributed by atoms with van der Waals surface area (Å²) in [6.07, 6.45) is 5.44. The Morgan fingerprint density at radius 1 is 1.25 bits per heavy atom. The van der Waals surface area contributed by atoms with Gasteiger partial charge in [0.05, 0.1) is 0 Å². The Hall–Kier alpha value is -2.45. The van der Waals surface area contributed by atoms with Crippen LogP contribution in [0.15, 0.2) is 4.52 Å². The second-order valence-electron chi connectivity index (χ2n) is 7.21. The number of carbonyl (C=O) groups excluding carboxylic acids is 2. The van der Waals surface area contributed by atoms with Crippen molar-refractivity contribution in [2.45, 2.75) is 71.3 Å². The number of carboxylic acids is 1. The van der Waals surface area contributed by atoms with Crippen molar-refractivity contribution in [2.75, 3.05) is 19.6 Å². The fraction of sp³-hybridized carbons (Fsp3) is 0.737. The lowest BCUT2D eigenvalue weighted by Gasteiger charge is -2.28. The van der Waals surface area contributed by atoms with E-state index in [0.29, 0.717) is 56.9 Å². The van der Waals surface area contributed by atoms with Gasteiger partial charge in [0.25, 0.3) is 0 Å². The van der Waals surface area contributed by atoms with Crippen molar-refractivity contribution < 1.29 is 24.0 Å². The van der Waals surface area contributed by atoms with E-state index in [1.54, 1.807) is 0 Å². The Balaban J connectivity index is 1.79. The molecule has 28 heavy (non-hydrogen) atoms. The SMILES string of the molecule is CCCc1noc(CCCC(=O)N2CCCC(N(CC(=O)O)C(C)=O)CC2)n1. The molecule has 2 amide bonds. The van der Waals surface area contributed by atoms with E-state index in [1.807, 2.05) is 4.90 Å². The van der Waals surface area contributed by atoms with Gasteiger partial charge in [-0.15, -0.1) is 0 Å². The second-order valence-corrected chi connectivity index (χ2v) is 7.21. The molecule has 1 atom stereocenters. The summed E-state index contributed by atoms with van der Waals surface area (Å²) >= 11 is 0. The summed E-state index contributed by atoms with van der Waals surface area (Å²) < 4.78 is 5.19. The lowest BCUT2D eigenvalue weighted by atomic mass is 10.1. The van der Waals surface area contributed by atoms with Crippen LogP contribution < -0.4 is 0 Å². The average molecular weight is 394 g/mol. The topological polar surface area (TPSA) is 117 Å². The molecule has 0 aliphatic carbocycles. The van der Waals surface area contributed by atoms with Crippen molar-refractivity contribution in [1.29, 1.82) is 0 Å². The van der Waals surface area contributed by atoms with Gasteiger partial charge in [0.2, 0.25) is 17.7 Å². The van der Waals surface area contributed by atoms with Crippen LogP contribution in [0.2, 0.25) is 0 Å². The van der Waals surface area contributed by atoms with Crippen LogP contribution in [0.5, 0.6) is 0 Å². The summed E-state index contributed by atoms with van der Waals surface area (Å²) in [5, 5.41) is 12.9. The maximum atomic E-state index is 12.5. The monoisotopic (exact) mass is 394 g/mol. The second kappa shape index (κ2) is 10.8. The molecule has 0 aromatic carbocycles. The molecule has 1 N–H and O–H groups in total. The first-order valence-electron chi connectivity index (χ1n) is 9.99. The smallest absolute Gasteiger partial charge is 0.323 e. The number of rotatable bonds is 9. The Labute approximate surface area is 165 Å². The molecule has 9 heteroatoms. The van der Waals surface area contributed by atoms with Crippen molar-refractivity contribution in [2.24, 2.45) is 0 Å². The lowest BCUT2D eigenvalue weighted by molar-refractivity contribution is -0.145. The molecule has 1 saturated heterocycles. The van der Waals surface area contributed by atoms with Crippen molar-refractivity contribution in [3.63, 3.8) is 0 Å². The highest BCUT2D eigenvalue weighted by Gasteiger charge is 2.27. The lowest BCUT2D eigenvalue weighted by Crippen LogP contribution is -2.43. The van der Waals surface area contributed by atoms with E-state index < -0.39 is 5.97 Å². The first-order valence-corrected chi connectivity index (χ1v) is 9.99. The highest BCUT2D eigenvalue weighted by atomic mass is 16.5. The minimum absolute atomic E-state index is 0.0709. The number of carboxylic acid groups (broad SMARTS) is 1. The summed E-state index contributed by atoms with van der Waals surface area (Å²) in [5.74, 6) is 0.0861. The minimum atomic E-state index is -1.02. The van der Waals surface area contributed by atoms with E-state index in [4.69, 9.17) is 9.63 Å². The largest absolute Gasteiger partial charge is 0.480 e. The number of nitrogens with zero attached hydrogens (tertiary/aromatic N) is 4. The Morgan fingerprint density at radius 2 is 2.04 bits per heavy atom. The molecular formula is C19H30N4O5. The van der Waals surface area contributed by atoms with Gasteiger partial charge in [-0.25, -0.2) is 0 Å². The van der Waals surface area contributed by atoms with Gasteiger partial charge >= 0.3 is 5.97 Å². The molecule has 0 saturated carbocycles. The molecular weight excluding hydrogens is 364 g/mol. The van der Waals surface area contributed by atoms with E-state index in [-0.39, 0.29) is 24.4 Å². The van der Waals surface area contributed by atoms with Crippen molar-refractivity contribution in [1.82, 2.24) is 19.9 Å². The van der Waals surface area contributed by atoms with Gasteiger partial charge in [-0.05, 0) is 32.1 Å². The maximum absolute atomic E-state index is 12.5. The fourth-order valence-electron chi connectivity index (χ4n) is 3.55. The van der Waals surface area contributed by atoms with Crippen molar-refractivity contribution in [3.05, 3.63) is 11.7 Å². The van der Waals surface area contributed by atoms with E-state index in [1.165, 1.54) is 11.8 Å². The van der Waals surface area contributed by atoms with Crippen LogP contribution in [0.1, 0.15) is 64.1 Å². The molecule has 0 bridgehead atoms. The number of aromatic nitrogens is 2. The summed E-state index contributed by atoms with van der Waals surface area (Å²) in [6, 6.07) is -0.137. The van der Waals surface area contributed by atoms with Gasteiger partial charge in [-0.2, -0.15) is 4.98 Å². The predicted molar refractivity (Wildman–Crippen MR) is 100 cm³/mol. The summed E-state index contributed by atoms with van der Waals surface area (Å²) in [7, 11) is 0. The number of aryl methyl sites for hydroxylation is 2. The predicted octanol–water partition coefficient (Wildman–Crippen LogP) is 1.66. The molecule has 1 aliphatic heterocycles. The quantitative estimate of drug-likeness (QED) is 0.677. The molecule has 1 aliphatic rings. The number of aliphatic carboxylic acids is 1.